The maximum Gasteiger partial charge on any atom is 0.343 e. The zero-order valence-corrected chi connectivity index (χ0v) is 12.0. The molecular weight excluding hydrogens is 287 g/mol. The molecule has 0 saturated carbocycles. The highest BCUT2D eigenvalue weighted by molar-refractivity contribution is 5.91. The molecule has 2 aromatic carbocycles. The van der Waals surface area contributed by atoms with Crippen LogP contribution in [0, 0.1) is 5.82 Å². The summed E-state index contributed by atoms with van der Waals surface area (Å²) in [5.74, 6) is -0.375. The molecule has 0 aliphatic heterocycles. The molecule has 114 valence electrons. The van der Waals surface area contributed by atoms with E-state index in [0.717, 1.165) is 5.56 Å². The highest BCUT2D eigenvalue weighted by Crippen LogP contribution is 2.29. The van der Waals surface area contributed by atoms with Crippen LogP contribution in [0.15, 0.2) is 48.5 Å². The number of halogens is 1. The molecule has 0 spiro atoms. The van der Waals surface area contributed by atoms with Crippen molar-refractivity contribution in [3.8, 4) is 11.5 Å². The number of hydrogen-bond acceptors (Lipinski definition) is 4. The number of methoxy groups -OCH3 is 1. The molecular formula is C17H15FO4. The predicted molar refractivity (Wildman–Crippen MR) is 80.5 cm³/mol. The number of aliphatic hydroxyl groups is 1. The van der Waals surface area contributed by atoms with Crippen LogP contribution in [0.3, 0.4) is 0 Å². The Morgan fingerprint density at radius 3 is 2.55 bits per heavy atom. The lowest BCUT2D eigenvalue weighted by atomic mass is 10.2. The van der Waals surface area contributed by atoms with Crippen molar-refractivity contribution in [2.24, 2.45) is 0 Å². The van der Waals surface area contributed by atoms with Gasteiger partial charge < -0.3 is 14.6 Å². The summed E-state index contributed by atoms with van der Waals surface area (Å²) in [5, 5.41) is 8.76. The quantitative estimate of drug-likeness (QED) is 0.681. The van der Waals surface area contributed by atoms with Crippen LogP contribution in [0.25, 0.3) is 6.08 Å². The van der Waals surface area contributed by atoms with Crippen molar-refractivity contribution in [1.29, 1.82) is 0 Å². The lowest BCUT2D eigenvalue weighted by Crippen LogP contribution is -2.09. The van der Waals surface area contributed by atoms with Crippen LogP contribution in [0.1, 0.15) is 15.9 Å². The first kappa shape index (κ1) is 15.7. The lowest BCUT2D eigenvalue weighted by Gasteiger charge is -2.10. The van der Waals surface area contributed by atoms with Crippen LogP contribution in [-0.2, 0) is 0 Å². The summed E-state index contributed by atoms with van der Waals surface area (Å²) in [6.07, 6.45) is 3.30. The smallest absolute Gasteiger partial charge is 0.343 e. The Morgan fingerprint density at radius 2 is 1.91 bits per heavy atom. The van der Waals surface area contributed by atoms with E-state index in [1.54, 1.807) is 30.4 Å². The van der Waals surface area contributed by atoms with Gasteiger partial charge >= 0.3 is 5.97 Å². The van der Waals surface area contributed by atoms with Crippen LogP contribution < -0.4 is 9.47 Å². The standard InChI is InChI=1S/C17H15FO4/c1-21-16-11-12(3-2-10-19)4-9-15(16)22-17(20)13-5-7-14(18)8-6-13/h2-9,11,19H,10H2,1H3. The fourth-order valence-corrected chi connectivity index (χ4v) is 1.81. The van der Waals surface area contributed by atoms with Gasteiger partial charge in [0, 0.05) is 0 Å². The average Bonchev–Trinajstić information content (AvgIpc) is 2.54. The van der Waals surface area contributed by atoms with Crippen molar-refractivity contribution in [2.45, 2.75) is 0 Å². The molecule has 0 fully saturated rings. The summed E-state index contributed by atoms with van der Waals surface area (Å²) in [6.45, 7) is -0.0659. The molecule has 2 rings (SSSR count). The van der Waals surface area contributed by atoms with E-state index in [-0.39, 0.29) is 17.9 Å². The van der Waals surface area contributed by atoms with Crippen molar-refractivity contribution in [3.63, 3.8) is 0 Å². The summed E-state index contributed by atoms with van der Waals surface area (Å²) in [4.78, 5) is 12.0. The van der Waals surface area contributed by atoms with Gasteiger partial charge in [-0.2, -0.15) is 0 Å². The van der Waals surface area contributed by atoms with E-state index in [9.17, 15) is 9.18 Å². The van der Waals surface area contributed by atoms with E-state index in [0.29, 0.717) is 5.75 Å². The molecule has 0 saturated heterocycles. The second-order valence-electron chi connectivity index (χ2n) is 4.39. The van der Waals surface area contributed by atoms with E-state index in [1.807, 2.05) is 0 Å². The van der Waals surface area contributed by atoms with Crippen LogP contribution in [0.4, 0.5) is 4.39 Å². The third-order valence-electron chi connectivity index (χ3n) is 2.89. The molecule has 0 amide bonds. The molecule has 5 heteroatoms. The molecule has 0 aliphatic rings. The fraction of sp³-hybridized carbons (Fsp3) is 0.118. The van der Waals surface area contributed by atoms with E-state index in [4.69, 9.17) is 14.6 Å². The number of carbonyl (C=O) groups is 1. The molecule has 0 aromatic heterocycles. The predicted octanol–water partition coefficient (Wildman–Crippen LogP) is 3.06. The Hall–Kier alpha value is -2.66. The topological polar surface area (TPSA) is 55.8 Å². The number of esters is 1. The van der Waals surface area contributed by atoms with Gasteiger partial charge in [-0.05, 0) is 42.0 Å². The van der Waals surface area contributed by atoms with Crippen molar-refractivity contribution < 1.29 is 23.8 Å². The minimum Gasteiger partial charge on any atom is -0.493 e. The van der Waals surface area contributed by atoms with Crippen LogP contribution in [0.2, 0.25) is 0 Å². The van der Waals surface area contributed by atoms with Crippen molar-refractivity contribution >= 4 is 12.0 Å². The monoisotopic (exact) mass is 302 g/mol. The minimum absolute atomic E-state index is 0.0659. The summed E-state index contributed by atoms with van der Waals surface area (Å²) in [5.41, 5.74) is 1.04. The maximum absolute atomic E-state index is 12.8. The molecule has 0 bridgehead atoms. The van der Waals surface area contributed by atoms with Crippen LogP contribution in [-0.4, -0.2) is 24.8 Å². The van der Waals surface area contributed by atoms with Crippen molar-refractivity contribution in [2.75, 3.05) is 13.7 Å². The van der Waals surface area contributed by atoms with Gasteiger partial charge in [0.2, 0.25) is 0 Å². The lowest BCUT2D eigenvalue weighted by molar-refractivity contribution is 0.0729. The fourth-order valence-electron chi connectivity index (χ4n) is 1.81. The van der Waals surface area contributed by atoms with E-state index < -0.39 is 11.8 Å². The Kier molecular flexibility index (Phi) is 5.27. The molecule has 22 heavy (non-hydrogen) atoms. The Labute approximate surface area is 127 Å². The minimum atomic E-state index is -0.600. The zero-order chi connectivity index (χ0) is 15.9. The summed E-state index contributed by atoms with van der Waals surface area (Å²) >= 11 is 0. The first-order valence-electron chi connectivity index (χ1n) is 6.57. The number of rotatable bonds is 5. The van der Waals surface area contributed by atoms with Crippen LogP contribution >= 0.6 is 0 Å². The van der Waals surface area contributed by atoms with Gasteiger partial charge in [-0.15, -0.1) is 0 Å². The molecule has 0 radical (unpaired) electrons. The first-order valence-corrected chi connectivity index (χ1v) is 6.57. The number of benzene rings is 2. The average molecular weight is 302 g/mol. The highest BCUT2D eigenvalue weighted by atomic mass is 19.1. The van der Waals surface area contributed by atoms with Gasteiger partial charge in [0.05, 0.1) is 19.3 Å². The van der Waals surface area contributed by atoms with E-state index >= 15 is 0 Å². The zero-order valence-electron chi connectivity index (χ0n) is 12.0. The largest absolute Gasteiger partial charge is 0.493 e. The Morgan fingerprint density at radius 1 is 1.18 bits per heavy atom. The third kappa shape index (κ3) is 3.93. The normalized spacial score (nSPS) is 10.7. The van der Waals surface area contributed by atoms with Crippen molar-refractivity contribution in [3.05, 3.63) is 65.5 Å². The first-order chi connectivity index (χ1) is 10.6. The van der Waals surface area contributed by atoms with Gasteiger partial charge in [-0.1, -0.05) is 18.2 Å². The van der Waals surface area contributed by atoms with Crippen molar-refractivity contribution in [1.82, 2.24) is 0 Å². The molecule has 0 atom stereocenters. The number of ether oxygens (including phenoxy) is 2. The highest BCUT2D eigenvalue weighted by Gasteiger charge is 2.12. The number of aliphatic hydroxyl groups excluding tert-OH is 1. The number of hydrogen-bond donors (Lipinski definition) is 1. The van der Waals surface area contributed by atoms with Gasteiger partial charge in [0.15, 0.2) is 11.5 Å². The van der Waals surface area contributed by atoms with Gasteiger partial charge in [-0.25, -0.2) is 9.18 Å². The number of carbonyl (C=O) groups excluding carboxylic acids is 1. The third-order valence-corrected chi connectivity index (χ3v) is 2.89. The van der Waals surface area contributed by atoms with Crippen LogP contribution in [0.5, 0.6) is 11.5 Å². The Balaban J connectivity index is 2.19. The molecule has 0 unspecified atom stereocenters. The summed E-state index contributed by atoms with van der Waals surface area (Å²) < 4.78 is 23.3. The molecule has 0 aliphatic carbocycles. The van der Waals surface area contributed by atoms with Gasteiger partial charge in [0.1, 0.15) is 5.82 Å². The van der Waals surface area contributed by atoms with Gasteiger partial charge in [0.25, 0.3) is 0 Å². The second-order valence-corrected chi connectivity index (χ2v) is 4.39. The SMILES string of the molecule is COc1cc(C=CCO)ccc1OC(=O)c1ccc(F)cc1. The summed E-state index contributed by atoms with van der Waals surface area (Å²) in [7, 11) is 1.46. The molecule has 4 nitrogen and oxygen atoms in total. The molecule has 2 aromatic rings. The Bertz CT molecular complexity index is 678. The van der Waals surface area contributed by atoms with Gasteiger partial charge in [-0.3, -0.25) is 0 Å². The maximum atomic E-state index is 12.8. The van der Waals surface area contributed by atoms with E-state index in [1.165, 1.54) is 31.4 Å². The molecule has 1 N–H and O–H groups in total. The summed E-state index contributed by atoms with van der Waals surface area (Å²) in [6, 6.07) is 10.1. The second kappa shape index (κ2) is 7.38. The van der Waals surface area contributed by atoms with E-state index in [2.05, 4.69) is 0 Å². The molecule has 0 heterocycles.